The molecule has 3 atom stereocenters. The topological polar surface area (TPSA) is 86.7 Å². The lowest BCUT2D eigenvalue weighted by molar-refractivity contribution is -0.142. The first-order chi connectivity index (χ1) is 14.4. The smallest absolute Gasteiger partial charge is 0.326 e. The van der Waals surface area contributed by atoms with Gasteiger partial charge in [-0.2, -0.15) is 0 Å². The summed E-state index contributed by atoms with van der Waals surface area (Å²) in [6, 6.07) is 8.41. The van der Waals surface area contributed by atoms with Crippen LogP contribution in [0.5, 0.6) is 0 Å². The van der Waals surface area contributed by atoms with Gasteiger partial charge in [0.25, 0.3) is 0 Å². The van der Waals surface area contributed by atoms with Crippen LogP contribution in [0.25, 0.3) is 0 Å². The van der Waals surface area contributed by atoms with Gasteiger partial charge in [-0.25, -0.2) is 4.79 Å². The summed E-state index contributed by atoms with van der Waals surface area (Å²) in [5.41, 5.74) is 0.869. The fourth-order valence-corrected chi connectivity index (χ4v) is 4.13. The Labute approximate surface area is 180 Å². The third kappa shape index (κ3) is 7.47. The lowest BCUT2D eigenvalue weighted by Crippen LogP contribution is -2.46. The van der Waals surface area contributed by atoms with E-state index >= 15 is 0 Å². The minimum absolute atomic E-state index is 0.0711. The molecule has 1 aliphatic rings. The summed E-state index contributed by atoms with van der Waals surface area (Å²) in [7, 11) is 0. The molecule has 2 amide bonds. The maximum atomic E-state index is 12.7. The number of amides is 2. The molecule has 6 heteroatoms. The molecule has 0 saturated carbocycles. The summed E-state index contributed by atoms with van der Waals surface area (Å²) in [4.78, 5) is 38.8. The van der Waals surface area contributed by atoms with Crippen LogP contribution in [0.1, 0.15) is 70.8 Å². The molecule has 2 rings (SSSR count). The largest absolute Gasteiger partial charge is 0.480 e. The first-order valence-corrected chi connectivity index (χ1v) is 11.3. The first kappa shape index (κ1) is 23.9. The normalized spacial score (nSPS) is 18.1. The Bertz CT molecular complexity index is 692. The highest BCUT2D eigenvalue weighted by atomic mass is 16.4. The number of carboxylic acid groups (broad SMARTS) is 1. The number of unbranched alkanes of at least 4 members (excludes halogenated alkanes) is 3. The zero-order valence-electron chi connectivity index (χ0n) is 18.3. The van der Waals surface area contributed by atoms with Gasteiger partial charge in [-0.15, -0.1) is 0 Å². The molecule has 1 aromatic rings. The van der Waals surface area contributed by atoms with Crippen molar-refractivity contribution in [1.29, 1.82) is 0 Å². The number of aliphatic carboxylic acids is 1. The summed E-state index contributed by atoms with van der Waals surface area (Å²) in [6.45, 7) is 4.73. The Morgan fingerprint density at radius 3 is 2.57 bits per heavy atom. The number of carboxylic acids is 1. The van der Waals surface area contributed by atoms with E-state index in [-0.39, 0.29) is 30.2 Å². The van der Waals surface area contributed by atoms with Crippen LogP contribution in [-0.2, 0) is 20.8 Å². The number of likely N-dealkylation sites (tertiary alicyclic amines) is 1. The lowest BCUT2D eigenvalue weighted by atomic mass is 9.97. The summed E-state index contributed by atoms with van der Waals surface area (Å²) < 4.78 is 0. The Kier molecular flexibility index (Phi) is 9.84. The molecule has 1 aromatic carbocycles. The number of carbonyl (C=O) groups is 3. The lowest BCUT2D eigenvalue weighted by Gasteiger charge is -2.27. The van der Waals surface area contributed by atoms with Crippen LogP contribution in [0.4, 0.5) is 0 Å². The van der Waals surface area contributed by atoms with E-state index in [9.17, 15) is 19.5 Å². The van der Waals surface area contributed by atoms with Crippen molar-refractivity contribution >= 4 is 17.8 Å². The Balaban J connectivity index is 1.86. The zero-order valence-corrected chi connectivity index (χ0v) is 18.3. The summed E-state index contributed by atoms with van der Waals surface area (Å²) in [5.74, 6) is -1.46. The Morgan fingerprint density at radius 1 is 1.17 bits per heavy atom. The summed E-state index contributed by atoms with van der Waals surface area (Å²) >= 11 is 0. The monoisotopic (exact) mass is 416 g/mol. The van der Waals surface area contributed by atoms with Gasteiger partial charge in [0.15, 0.2) is 0 Å². The second kappa shape index (κ2) is 12.4. The van der Waals surface area contributed by atoms with Gasteiger partial charge < -0.3 is 15.3 Å². The van der Waals surface area contributed by atoms with E-state index in [1.54, 1.807) is 0 Å². The molecule has 1 fully saturated rings. The van der Waals surface area contributed by atoms with E-state index in [1.807, 2.05) is 42.2 Å². The second-order valence-corrected chi connectivity index (χ2v) is 8.42. The predicted octanol–water partition coefficient (Wildman–Crippen LogP) is 3.79. The highest BCUT2D eigenvalue weighted by Crippen LogP contribution is 2.25. The molecule has 30 heavy (non-hydrogen) atoms. The van der Waals surface area contributed by atoms with Crippen molar-refractivity contribution in [2.45, 2.75) is 83.7 Å². The van der Waals surface area contributed by atoms with Gasteiger partial charge >= 0.3 is 5.97 Å². The van der Waals surface area contributed by atoms with E-state index in [2.05, 4.69) is 12.2 Å². The number of benzene rings is 1. The highest BCUT2D eigenvalue weighted by Gasteiger charge is 2.32. The molecular weight excluding hydrogens is 380 g/mol. The minimum atomic E-state index is -1.04. The molecule has 166 valence electrons. The molecule has 0 unspecified atom stereocenters. The quantitative estimate of drug-likeness (QED) is 0.508. The SMILES string of the molecule is CCCCCCC(=O)N1CCC[C@H]1C[C@@H](C)C(=O)N[C@@H](Cc1ccccc1)C(=O)O. The van der Waals surface area contributed by atoms with E-state index in [1.165, 1.54) is 0 Å². The Morgan fingerprint density at radius 2 is 1.90 bits per heavy atom. The molecule has 0 radical (unpaired) electrons. The van der Waals surface area contributed by atoms with Gasteiger partial charge in [0.05, 0.1) is 0 Å². The van der Waals surface area contributed by atoms with Crippen LogP contribution in [0.15, 0.2) is 30.3 Å². The van der Waals surface area contributed by atoms with Crippen molar-refractivity contribution < 1.29 is 19.5 Å². The molecule has 2 N–H and O–H groups in total. The van der Waals surface area contributed by atoms with Gasteiger partial charge in [0, 0.05) is 31.3 Å². The molecule has 0 aliphatic carbocycles. The average Bonchev–Trinajstić information content (AvgIpc) is 3.19. The Hall–Kier alpha value is -2.37. The van der Waals surface area contributed by atoms with Crippen molar-refractivity contribution in [2.75, 3.05) is 6.54 Å². The number of nitrogens with zero attached hydrogens (tertiary/aromatic N) is 1. The van der Waals surface area contributed by atoms with Gasteiger partial charge in [0.2, 0.25) is 11.8 Å². The van der Waals surface area contributed by atoms with Gasteiger partial charge in [-0.05, 0) is 31.2 Å². The second-order valence-electron chi connectivity index (χ2n) is 8.42. The van der Waals surface area contributed by atoms with Crippen LogP contribution < -0.4 is 5.32 Å². The van der Waals surface area contributed by atoms with Crippen LogP contribution >= 0.6 is 0 Å². The summed E-state index contributed by atoms with van der Waals surface area (Å²) in [5, 5.41) is 12.2. The number of hydrogen-bond donors (Lipinski definition) is 2. The standard InChI is InChI=1S/C24H36N2O4/c1-3-4-5-9-14-22(27)26-15-10-13-20(26)16-18(2)23(28)25-21(24(29)30)17-19-11-7-6-8-12-19/h6-8,11-12,18,20-21H,3-5,9-10,13-17H2,1-2H3,(H,25,28)(H,29,30)/t18-,20+,21+/m1/s1. The number of hydrogen-bond acceptors (Lipinski definition) is 3. The van der Waals surface area contributed by atoms with Crippen LogP contribution in [-0.4, -0.2) is 46.4 Å². The molecule has 1 saturated heterocycles. The van der Waals surface area contributed by atoms with Crippen molar-refractivity contribution in [2.24, 2.45) is 5.92 Å². The van der Waals surface area contributed by atoms with Gasteiger partial charge in [-0.3, -0.25) is 9.59 Å². The van der Waals surface area contributed by atoms with E-state index in [0.717, 1.165) is 50.6 Å². The van der Waals surface area contributed by atoms with E-state index < -0.39 is 12.0 Å². The van der Waals surface area contributed by atoms with Gasteiger partial charge in [0.1, 0.15) is 6.04 Å². The van der Waals surface area contributed by atoms with Crippen molar-refractivity contribution in [1.82, 2.24) is 10.2 Å². The van der Waals surface area contributed by atoms with Gasteiger partial charge in [-0.1, -0.05) is 63.4 Å². The third-order valence-electron chi connectivity index (χ3n) is 5.91. The average molecular weight is 417 g/mol. The van der Waals surface area contributed by atoms with Crippen LogP contribution in [0, 0.1) is 5.92 Å². The molecule has 1 aliphatic heterocycles. The van der Waals surface area contributed by atoms with Crippen LogP contribution in [0.2, 0.25) is 0 Å². The van der Waals surface area contributed by atoms with Crippen LogP contribution in [0.3, 0.4) is 0 Å². The molecule has 0 aromatic heterocycles. The first-order valence-electron chi connectivity index (χ1n) is 11.3. The van der Waals surface area contributed by atoms with Crippen molar-refractivity contribution in [3.8, 4) is 0 Å². The highest BCUT2D eigenvalue weighted by molar-refractivity contribution is 5.85. The number of carbonyl (C=O) groups excluding carboxylic acids is 2. The predicted molar refractivity (Wildman–Crippen MR) is 117 cm³/mol. The zero-order chi connectivity index (χ0) is 21.9. The van der Waals surface area contributed by atoms with E-state index in [0.29, 0.717) is 12.8 Å². The molecule has 6 nitrogen and oxygen atoms in total. The fraction of sp³-hybridized carbons (Fsp3) is 0.625. The molecular formula is C24H36N2O4. The molecule has 0 spiro atoms. The van der Waals surface area contributed by atoms with Crippen molar-refractivity contribution in [3.63, 3.8) is 0 Å². The summed E-state index contributed by atoms with van der Waals surface area (Å²) in [6.07, 6.45) is 7.58. The molecule has 0 bridgehead atoms. The van der Waals surface area contributed by atoms with Crippen molar-refractivity contribution in [3.05, 3.63) is 35.9 Å². The minimum Gasteiger partial charge on any atom is -0.480 e. The maximum Gasteiger partial charge on any atom is 0.326 e. The fourth-order valence-electron chi connectivity index (χ4n) is 4.13. The number of nitrogens with one attached hydrogen (secondary N) is 1. The third-order valence-corrected chi connectivity index (χ3v) is 5.91. The van der Waals surface area contributed by atoms with E-state index in [4.69, 9.17) is 0 Å². The maximum absolute atomic E-state index is 12.7. The molecule has 1 heterocycles. The number of rotatable bonds is 12.